The van der Waals surface area contributed by atoms with Gasteiger partial charge in [-0.25, -0.2) is 0 Å². The van der Waals surface area contributed by atoms with E-state index >= 15 is 0 Å². The molecule has 19 heavy (non-hydrogen) atoms. The van der Waals surface area contributed by atoms with E-state index in [1.165, 1.54) is 0 Å². The van der Waals surface area contributed by atoms with Gasteiger partial charge in [0.25, 0.3) is 0 Å². The first-order valence-electron chi connectivity index (χ1n) is 6.66. The fraction of sp³-hybridized carbons (Fsp3) is 0.571. The number of hydrogen-bond acceptors (Lipinski definition) is 4. The lowest BCUT2D eigenvalue weighted by Crippen LogP contribution is -2.21. The van der Waals surface area contributed by atoms with E-state index in [1.807, 2.05) is 25.2 Å². The Morgan fingerprint density at radius 2 is 2.05 bits per heavy atom. The van der Waals surface area contributed by atoms with Crippen molar-refractivity contribution in [3.05, 3.63) is 18.2 Å². The minimum absolute atomic E-state index is 0.470. The van der Waals surface area contributed by atoms with Gasteiger partial charge < -0.3 is 14.8 Å². The second-order valence-corrected chi connectivity index (χ2v) is 6.26. The third-order valence-corrected chi connectivity index (χ3v) is 4.68. The van der Waals surface area contributed by atoms with Gasteiger partial charge in [-0.1, -0.05) is 0 Å². The maximum Gasteiger partial charge on any atom is 0.162 e. The van der Waals surface area contributed by atoms with Crippen LogP contribution in [0.2, 0.25) is 0 Å². The summed E-state index contributed by atoms with van der Waals surface area (Å²) in [4.78, 5) is 0.821. The molecule has 4 nitrogen and oxygen atoms in total. The Morgan fingerprint density at radius 1 is 1.32 bits per heavy atom. The Hall–Kier alpha value is -1.07. The van der Waals surface area contributed by atoms with E-state index in [9.17, 15) is 4.21 Å². The molecule has 2 atom stereocenters. The molecule has 0 bridgehead atoms. The summed E-state index contributed by atoms with van der Waals surface area (Å²) in [6.07, 6.45) is 1.98. The number of benzene rings is 1. The van der Waals surface area contributed by atoms with E-state index in [2.05, 4.69) is 12.2 Å². The number of fused-ring (bicyclic) bond motifs is 1. The average molecular weight is 283 g/mol. The van der Waals surface area contributed by atoms with Crippen LogP contribution in [0, 0.1) is 0 Å². The quantitative estimate of drug-likeness (QED) is 0.867. The molecule has 1 heterocycles. The van der Waals surface area contributed by atoms with Crippen molar-refractivity contribution in [2.75, 3.05) is 26.0 Å². The molecule has 2 unspecified atom stereocenters. The molecule has 0 aliphatic carbocycles. The summed E-state index contributed by atoms with van der Waals surface area (Å²) >= 11 is 0. The summed E-state index contributed by atoms with van der Waals surface area (Å²) in [7, 11) is 0.984. The maximum absolute atomic E-state index is 12.2. The van der Waals surface area contributed by atoms with Gasteiger partial charge in [-0.3, -0.25) is 4.21 Å². The molecular formula is C14H21NO3S. The molecule has 0 spiro atoms. The predicted octanol–water partition coefficient (Wildman–Crippen LogP) is 1.95. The van der Waals surface area contributed by atoms with Gasteiger partial charge in [-0.2, -0.15) is 0 Å². The first-order chi connectivity index (χ1) is 9.20. The van der Waals surface area contributed by atoms with Gasteiger partial charge in [-0.05, 0) is 38.9 Å². The molecule has 0 saturated carbocycles. The van der Waals surface area contributed by atoms with Crippen LogP contribution >= 0.6 is 0 Å². The lowest BCUT2D eigenvalue weighted by molar-refractivity contribution is 0.171. The normalized spacial score (nSPS) is 16.9. The fourth-order valence-electron chi connectivity index (χ4n) is 1.95. The van der Waals surface area contributed by atoms with Crippen LogP contribution < -0.4 is 14.8 Å². The van der Waals surface area contributed by atoms with E-state index in [4.69, 9.17) is 9.47 Å². The molecule has 0 fully saturated rings. The zero-order valence-corrected chi connectivity index (χ0v) is 12.3. The molecule has 0 amide bonds. The lowest BCUT2D eigenvalue weighted by Gasteiger charge is -2.18. The molecule has 1 aliphatic rings. The molecule has 0 radical (unpaired) electrons. The van der Waals surface area contributed by atoms with Crippen molar-refractivity contribution >= 4 is 10.8 Å². The van der Waals surface area contributed by atoms with Gasteiger partial charge in [0.2, 0.25) is 0 Å². The molecule has 1 aromatic rings. The minimum Gasteiger partial charge on any atom is -0.486 e. The standard InChI is InChI=1S/C14H21NO3S/c1-11(15-2)4-3-9-19(16)12-5-6-13-14(10-12)18-8-7-17-13/h5-6,10-11,15H,3-4,7-9H2,1-2H3. The predicted molar refractivity (Wildman–Crippen MR) is 76.5 cm³/mol. The van der Waals surface area contributed by atoms with Crippen molar-refractivity contribution in [1.82, 2.24) is 5.32 Å². The third kappa shape index (κ3) is 3.94. The van der Waals surface area contributed by atoms with Crippen molar-refractivity contribution in [3.8, 4) is 11.5 Å². The van der Waals surface area contributed by atoms with E-state index in [0.717, 1.165) is 23.5 Å². The van der Waals surface area contributed by atoms with Crippen LogP contribution in [0.1, 0.15) is 19.8 Å². The maximum atomic E-state index is 12.2. The summed E-state index contributed by atoms with van der Waals surface area (Å²) in [5.74, 6) is 2.14. The fourth-order valence-corrected chi connectivity index (χ4v) is 3.07. The summed E-state index contributed by atoms with van der Waals surface area (Å²) in [6.45, 7) is 3.27. The van der Waals surface area contributed by atoms with Gasteiger partial charge in [-0.15, -0.1) is 0 Å². The number of ether oxygens (including phenoxy) is 2. The highest BCUT2D eigenvalue weighted by molar-refractivity contribution is 7.85. The average Bonchev–Trinajstić information content (AvgIpc) is 2.46. The van der Waals surface area contributed by atoms with Crippen molar-refractivity contribution in [2.24, 2.45) is 0 Å². The second-order valence-electron chi connectivity index (χ2n) is 4.69. The molecule has 1 N–H and O–H groups in total. The second kappa shape index (κ2) is 6.91. The molecule has 1 aliphatic heterocycles. The summed E-state index contributed by atoms with van der Waals surface area (Å²) in [6, 6.07) is 6.02. The molecule has 2 rings (SSSR count). The van der Waals surface area contributed by atoms with Crippen LogP contribution in [-0.2, 0) is 10.8 Å². The van der Waals surface area contributed by atoms with Crippen LogP contribution in [0.15, 0.2) is 23.1 Å². The number of hydrogen-bond donors (Lipinski definition) is 1. The Bertz CT molecular complexity index is 450. The van der Waals surface area contributed by atoms with Crippen LogP contribution in [0.5, 0.6) is 11.5 Å². The Labute approximate surface area is 116 Å². The highest BCUT2D eigenvalue weighted by Gasteiger charge is 2.14. The Balaban J connectivity index is 1.92. The highest BCUT2D eigenvalue weighted by atomic mass is 32.2. The van der Waals surface area contributed by atoms with Crippen LogP contribution in [0.25, 0.3) is 0 Å². The molecule has 0 aromatic heterocycles. The van der Waals surface area contributed by atoms with Crippen molar-refractivity contribution in [1.29, 1.82) is 0 Å². The summed E-state index contributed by atoms with van der Waals surface area (Å²) in [5, 5.41) is 3.18. The SMILES string of the molecule is CNC(C)CCCS(=O)c1ccc2c(c1)OCCO2. The zero-order chi connectivity index (χ0) is 13.7. The molecule has 0 saturated heterocycles. The van der Waals surface area contributed by atoms with E-state index in [1.54, 1.807) is 0 Å². The Morgan fingerprint density at radius 3 is 2.79 bits per heavy atom. The van der Waals surface area contributed by atoms with Crippen molar-refractivity contribution < 1.29 is 13.7 Å². The van der Waals surface area contributed by atoms with E-state index in [0.29, 0.717) is 30.8 Å². The topological polar surface area (TPSA) is 47.6 Å². The van der Waals surface area contributed by atoms with Crippen LogP contribution in [0.3, 0.4) is 0 Å². The van der Waals surface area contributed by atoms with Crippen molar-refractivity contribution in [3.63, 3.8) is 0 Å². The molecular weight excluding hydrogens is 262 g/mol. The van der Waals surface area contributed by atoms with Gasteiger partial charge >= 0.3 is 0 Å². The minimum atomic E-state index is -0.963. The Kier molecular flexibility index (Phi) is 5.22. The molecule has 1 aromatic carbocycles. The van der Waals surface area contributed by atoms with Gasteiger partial charge in [0.1, 0.15) is 13.2 Å². The largest absolute Gasteiger partial charge is 0.486 e. The van der Waals surface area contributed by atoms with Crippen molar-refractivity contribution in [2.45, 2.75) is 30.7 Å². The lowest BCUT2D eigenvalue weighted by atomic mass is 10.2. The number of nitrogens with one attached hydrogen (secondary N) is 1. The highest BCUT2D eigenvalue weighted by Crippen LogP contribution is 2.31. The molecule has 5 heteroatoms. The van der Waals surface area contributed by atoms with Gasteiger partial charge in [0, 0.05) is 22.8 Å². The zero-order valence-electron chi connectivity index (χ0n) is 11.5. The summed E-state index contributed by atoms with van der Waals surface area (Å²) in [5.41, 5.74) is 0. The number of rotatable bonds is 6. The first-order valence-corrected chi connectivity index (χ1v) is 7.98. The monoisotopic (exact) mass is 283 g/mol. The van der Waals surface area contributed by atoms with Crippen LogP contribution in [-0.4, -0.2) is 36.3 Å². The van der Waals surface area contributed by atoms with E-state index < -0.39 is 10.8 Å². The molecule has 106 valence electrons. The first kappa shape index (κ1) is 14.3. The van der Waals surface area contributed by atoms with Crippen LogP contribution in [0.4, 0.5) is 0 Å². The van der Waals surface area contributed by atoms with Gasteiger partial charge in [0.15, 0.2) is 11.5 Å². The van der Waals surface area contributed by atoms with Gasteiger partial charge in [0.05, 0.1) is 10.8 Å². The third-order valence-electron chi connectivity index (χ3n) is 3.24. The summed E-state index contributed by atoms with van der Waals surface area (Å²) < 4.78 is 23.2. The van der Waals surface area contributed by atoms with E-state index in [-0.39, 0.29) is 0 Å². The smallest absolute Gasteiger partial charge is 0.162 e.